The van der Waals surface area contributed by atoms with Crippen molar-refractivity contribution >= 4 is 45.2 Å². The van der Waals surface area contributed by atoms with E-state index in [1.54, 1.807) is 0 Å². The Labute approximate surface area is 113 Å². The second kappa shape index (κ2) is 5.83. The highest BCUT2D eigenvalue weighted by atomic mass is 32.1. The number of nitrogens with zero attached hydrogens (tertiary/aromatic N) is 1. The van der Waals surface area contributed by atoms with Crippen LogP contribution in [0.15, 0.2) is 16.8 Å². The number of anilines is 3. The first kappa shape index (κ1) is 12.8. The number of nitrogens with two attached hydrogens (primary N) is 1. The van der Waals surface area contributed by atoms with Gasteiger partial charge in [0.15, 0.2) is 5.13 Å². The zero-order valence-corrected chi connectivity index (χ0v) is 11.5. The van der Waals surface area contributed by atoms with Gasteiger partial charge in [-0.1, -0.05) is 18.3 Å². The number of carbonyl (C=O) groups is 1. The largest absolute Gasteiger partial charge is 0.382 e. The summed E-state index contributed by atoms with van der Waals surface area (Å²) >= 11 is 2.80. The number of hydrogen-bond donors (Lipinski definition) is 3. The van der Waals surface area contributed by atoms with E-state index in [0.29, 0.717) is 10.0 Å². The summed E-state index contributed by atoms with van der Waals surface area (Å²) in [4.78, 5) is 16.5. The smallest absolute Gasteiger partial charge is 0.269 e. The molecule has 7 heteroatoms. The van der Waals surface area contributed by atoms with Crippen molar-refractivity contribution in [1.82, 2.24) is 4.98 Å². The van der Waals surface area contributed by atoms with Gasteiger partial charge in [-0.15, -0.1) is 0 Å². The van der Waals surface area contributed by atoms with E-state index in [-0.39, 0.29) is 11.7 Å². The Morgan fingerprint density at radius 2 is 2.39 bits per heavy atom. The van der Waals surface area contributed by atoms with E-state index in [4.69, 9.17) is 5.73 Å². The van der Waals surface area contributed by atoms with Gasteiger partial charge in [0.25, 0.3) is 5.91 Å². The molecule has 2 rings (SSSR count). The molecular formula is C11H14N4OS2. The van der Waals surface area contributed by atoms with Crippen LogP contribution in [0.25, 0.3) is 0 Å². The quantitative estimate of drug-likeness (QED) is 0.787. The van der Waals surface area contributed by atoms with E-state index < -0.39 is 0 Å². The molecule has 0 aliphatic heterocycles. The molecule has 0 saturated heterocycles. The molecule has 2 aromatic heterocycles. The minimum absolute atomic E-state index is 0.215. The molecule has 0 aliphatic rings. The predicted molar refractivity (Wildman–Crippen MR) is 77.6 cm³/mol. The molecule has 0 unspecified atom stereocenters. The maximum absolute atomic E-state index is 12.0. The van der Waals surface area contributed by atoms with Crippen LogP contribution < -0.4 is 16.4 Å². The Morgan fingerprint density at radius 3 is 3.06 bits per heavy atom. The van der Waals surface area contributed by atoms with E-state index in [1.165, 1.54) is 22.7 Å². The normalized spacial score (nSPS) is 10.3. The van der Waals surface area contributed by atoms with Crippen molar-refractivity contribution in [3.8, 4) is 0 Å². The number of rotatable bonds is 5. The molecule has 0 aromatic carbocycles. The Hall–Kier alpha value is -1.60. The van der Waals surface area contributed by atoms with Crippen LogP contribution in [0.1, 0.15) is 23.0 Å². The molecule has 0 aliphatic carbocycles. The summed E-state index contributed by atoms with van der Waals surface area (Å²) in [5.41, 5.74) is 6.52. The Kier molecular flexibility index (Phi) is 4.16. The summed E-state index contributed by atoms with van der Waals surface area (Å²) in [7, 11) is 0. The first-order valence-corrected chi connectivity index (χ1v) is 7.30. The van der Waals surface area contributed by atoms with Gasteiger partial charge >= 0.3 is 0 Å². The van der Waals surface area contributed by atoms with Crippen LogP contribution in [0, 0.1) is 0 Å². The van der Waals surface area contributed by atoms with Gasteiger partial charge < -0.3 is 16.4 Å². The van der Waals surface area contributed by atoms with Crippen LogP contribution in [-0.4, -0.2) is 17.4 Å². The summed E-state index contributed by atoms with van der Waals surface area (Å²) in [5, 5.41) is 10.4. The van der Waals surface area contributed by atoms with Crippen LogP contribution in [0.3, 0.4) is 0 Å². The van der Waals surface area contributed by atoms with Crippen LogP contribution in [-0.2, 0) is 0 Å². The number of nitrogen functional groups attached to an aromatic ring is 1. The lowest BCUT2D eigenvalue weighted by atomic mass is 10.4. The summed E-state index contributed by atoms with van der Waals surface area (Å²) in [5.74, 6) is 0.0549. The summed E-state index contributed by atoms with van der Waals surface area (Å²) in [6, 6.07) is 1.84. The van der Waals surface area contributed by atoms with E-state index in [0.717, 1.165) is 18.7 Å². The van der Waals surface area contributed by atoms with Crippen molar-refractivity contribution in [2.24, 2.45) is 0 Å². The van der Waals surface area contributed by atoms with Gasteiger partial charge in [0.1, 0.15) is 10.7 Å². The molecule has 4 N–H and O–H groups in total. The van der Waals surface area contributed by atoms with Gasteiger partial charge in [-0.05, 0) is 17.9 Å². The minimum Gasteiger partial charge on any atom is -0.382 e. The van der Waals surface area contributed by atoms with Crippen molar-refractivity contribution in [2.45, 2.75) is 13.3 Å². The first-order valence-electron chi connectivity index (χ1n) is 5.54. The molecule has 0 spiro atoms. The molecular weight excluding hydrogens is 268 g/mol. The maximum atomic E-state index is 12.0. The zero-order chi connectivity index (χ0) is 13.0. The average Bonchev–Trinajstić information content (AvgIpc) is 2.96. The fourth-order valence-electron chi connectivity index (χ4n) is 1.33. The SMILES string of the molecule is CCCNc1nc(N)c(C(=O)Nc2ccsc2)s1. The third kappa shape index (κ3) is 2.99. The summed E-state index contributed by atoms with van der Waals surface area (Å²) in [6.45, 7) is 2.88. The molecule has 0 atom stereocenters. The predicted octanol–water partition coefficient (Wildman–Crippen LogP) is 2.86. The lowest BCUT2D eigenvalue weighted by Gasteiger charge is -1.99. The minimum atomic E-state index is -0.215. The molecule has 0 fully saturated rings. The number of aromatic nitrogens is 1. The lowest BCUT2D eigenvalue weighted by molar-refractivity contribution is 0.103. The molecule has 5 nitrogen and oxygen atoms in total. The van der Waals surface area contributed by atoms with Gasteiger partial charge in [0.2, 0.25) is 0 Å². The van der Waals surface area contributed by atoms with Crippen LogP contribution in [0.5, 0.6) is 0 Å². The van der Waals surface area contributed by atoms with Crippen LogP contribution in [0.2, 0.25) is 0 Å². The molecule has 96 valence electrons. The number of carbonyl (C=O) groups excluding carboxylic acids is 1. The van der Waals surface area contributed by atoms with Crippen molar-refractivity contribution in [3.05, 3.63) is 21.7 Å². The average molecular weight is 282 g/mol. The summed E-state index contributed by atoms with van der Waals surface area (Å²) < 4.78 is 0. The van der Waals surface area contributed by atoms with E-state index in [1.807, 2.05) is 16.8 Å². The molecule has 2 heterocycles. The topological polar surface area (TPSA) is 80.0 Å². The molecule has 0 radical (unpaired) electrons. The fraction of sp³-hybridized carbons (Fsp3) is 0.273. The van der Waals surface area contributed by atoms with Gasteiger partial charge in [0.05, 0.1) is 5.69 Å². The Balaban J connectivity index is 2.07. The van der Waals surface area contributed by atoms with E-state index in [9.17, 15) is 4.79 Å². The number of amides is 1. The number of thiazole rings is 1. The van der Waals surface area contributed by atoms with Crippen molar-refractivity contribution in [1.29, 1.82) is 0 Å². The second-order valence-corrected chi connectivity index (χ2v) is 5.41. The third-order valence-corrected chi connectivity index (χ3v) is 3.88. The van der Waals surface area contributed by atoms with Crippen LogP contribution in [0.4, 0.5) is 16.6 Å². The van der Waals surface area contributed by atoms with Gasteiger partial charge in [0, 0.05) is 11.9 Å². The molecule has 0 saturated carbocycles. The monoisotopic (exact) mass is 282 g/mol. The maximum Gasteiger partial charge on any atom is 0.269 e. The Morgan fingerprint density at radius 1 is 1.56 bits per heavy atom. The number of nitrogens with one attached hydrogen (secondary N) is 2. The molecule has 2 aromatic rings. The van der Waals surface area contributed by atoms with Crippen molar-refractivity contribution in [2.75, 3.05) is 22.9 Å². The van der Waals surface area contributed by atoms with Crippen molar-refractivity contribution in [3.63, 3.8) is 0 Å². The van der Waals surface area contributed by atoms with Gasteiger partial charge in [-0.2, -0.15) is 11.3 Å². The highest BCUT2D eigenvalue weighted by molar-refractivity contribution is 7.18. The standard InChI is InChI=1S/C11H14N4OS2/c1-2-4-13-11-15-9(12)8(18-11)10(16)14-7-3-5-17-6-7/h3,5-6H,2,4,12H2,1H3,(H,13,15)(H,14,16). The Bertz CT molecular complexity index is 521. The van der Waals surface area contributed by atoms with Crippen molar-refractivity contribution < 1.29 is 4.79 Å². The second-order valence-electron chi connectivity index (χ2n) is 3.63. The summed E-state index contributed by atoms with van der Waals surface area (Å²) in [6.07, 6.45) is 0.996. The van der Waals surface area contributed by atoms with Crippen LogP contribution >= 0.6 is 22.7 Å². The number of hydrogen-bond acceptors (Lipinski definition) is 6. The molecule has 1 amide bonds. The lowest BCUT2D eigenvalue weighted by Crippen LogP contribution is -2.11. The van der Waals surface area contributed by atoms with E-state index in [2.05, 4.69) is 22.5 Å². The molecule has 18 heavy (non-hydrogen) atoms. The fourth-order valence-corrected chi connectivity index (χ4v) is 2.72. The van der Waals surface area contributed by atoms with Gasteiger partial charge in [-0.25, -0.2) is 4.98 Å². The first-order chi connectivity index (χ1) is 8.70. The number of thiophene rings is 1. The van der Waals surface area contributed by atoms with Gasteiger partial charge in [-0.3, -0.25) is 4.79 Å². The highest BCUT2D eigenvalue weighted by Gasteiger charge is 2.16. The van der Waals surface area contributed by atoms with E-state index >= 15 is 0 Å². The zero-order valence-electron chi connectivity index (χ0n) is 9.90. The molecule has 0 bridgehead atoms. The third-order valence-electron chi connectivity index (χ3n) is 2.16. The highest BCUT2D eigenvalue weighted by Crippen LogP contribution is 2.26.